The number of halogens is 1. The topological polar surface area (TPSA) is 55.5 Å². The number of rotatable bonds is 3. The number of aryl methyl sites for hydroxylation is 1. The molecule has 0 bridgehead atoms. The fraction of sp³-hybridized carbons (Fsp3) is 0.400. The highest BCUT2D eigenvalue weighted by Gasteiger charge is 2.16. The minimum atomic E-state index is -0.733. The number of ether oxygens (including phenoxy) is 1. The zero-order valence-corrected chi connectivity index (χ0v) is 9.01. The van der Waals surface area contributed by atoms with Gasteiger partial charge in [0.15, 0.2) is 0 Å². The molecule has 3 nitrogen and oxygen atoms in total. The molecule has 78 valence electrons. The Morgan fingerprint density at radius 1 is 1.57 bits per heavy atom. The molecular formula is C10H14ClNO2. The molecule has 4 heteroatoms. The Balaban J connectivity index is 3.29. The second-order valence-electron chi connectivity index (χ2n) is 3.06. The lowest BCUT2D eigenvalue weighted by molar-refractivity contribution is 0.181. The van der Waals surface area contributed by atoms with Crippen molar-refractivity contribution in [1.29, 1.82) is 0 Å². The van der Waals surface area contributed by atoms with Crippen molar-refractivity contribution in [2.24, 2.45) is 5.73 Å². The lowest BCUT2D eigenvalue weighted by atomic mass is 10.0. The molecule has 1 atom stereocenters. The van der Waals surface area contributed by atoms with Crippen LogP contribution in [0.15, 0.2) is 12.1 Å². The molecular weight excluding hydrogens is 202 g/mol. The van der Waals surface area contributed by atoms with Crippen LogP contribution in [0.2, 0.25) is 5.02 Å². The van der Waals surface area contributed by atoms with E-state index in [1.165, 1.54) is 7.11 Å². The summed E-state index contributed by atoms with van der Waals surface area (Å²) in [5.41, 5.74) is 6.99. The van der Waals surface area contributed by atoms with Gasteiger partial charge in [-0.1, -0.05) is 17.7 Å². The third kappa shape index (κ3) is 2.00. The van der Waals surface area contributed by atoms with Crippen molar-refractivity contribution in [2.45, 2.75) is 13.0 Å². The van der Waals surface area contributed by atoms with Crippen molar-refractivity contribution in [3.8, 4) is 5.75 Å². The third-order valence-corrected chi connectivity index (χ3v) is 2.42. The smallest absolute Gasteiger partial charge is 0.143 e. The maximum Gasteiger partial charge on any atom is 0.143 e. The first kappa shape index (κ1) is 11.3. The van der Waals surface area contributed by atoms with Crippen molar-refractivity contribution in [1.82, 2.24) is 0 Å². The highest BCUT2D eigenvalue weighted by Crippen LogP contribution is 2.34. The van der Waals surface area contributed by atoms with E-state index < -0.39 is 6.10 Å². The third-order valence-electron chi connectivity index (χ3n) is 2.13. The molecule has 1 unspecified atom stereocenters. The monoisotopic (exact) mass is 215 g/mol. The number of benzene rings is 1. The fourth-order valence-electron chi connectivity index (χ4n) is 1.41. The average molecular weight is 216 g/mol. The van der Waals surface area contributed by atoms with Crippen LogP contribution in [0.5, 0.6) is 5.75 Å². The van der Waals surface area contributed by atoms with Gasteiger partial charge in [0.2, 0.25) is 0 Å². The molecule has 0 amide bonds. The van der Waals surface area contributed by atoms with Crippen molar-refractivity contribution < 1.29 is 9.84 Å². The first-order valence-electron chi connectivity index (χ1n) is 4.33. The summed E-state index contributed by atoms with van der Waals surface area (Å²) >= 11 is 5.93. The van der Waals surface area contributed by atoms with Gasteiger partial charge >= 0.3 is 0 Å². The lowest BCUT2D eigenvalue weighted by Crippen LogP contribution is -2.14. The predicted molar refractivity (Wildman–Crippen MR) is 56.8 cm³/mol. The van der Waals surface area contributed by atoms with Crippen LogP contribution >= 0.6 is 11.6 Å². The Kier molecular flexibility index (Phi) is 3.75. The Morgan fingerprint density at radius 2 is 2.21 bits per heavy atom. The summed E-state index contributed by atoms with van der Waals surface area (Å²) in [5, 5.41) is 10.2. The summed E-state index contributed by atoms with van der Waals surface area (Å²) in [7, 11) is 1.52. The minimum absolute atomic E-state index is 0.150. The second-order valence-corrected chi connectivity index (χ2v) is 3.47. The Labute approximate surface area is 88.4 Å². The summed E-state index contributed by atoms with van der Waals surface area (Å²) in [6.07, 6.45) is -0.733. The van der Waals surface area contributed by atoms with Gasteiger partial charge in [0.25, 0.3) is 0 Å². The van der Waals surface area contributed by atoms with Crippen LogP contribution < -0.4 is 10.5 Å². The molecule has 14 heavy (non-hydrogen) atoms. The molecule has 1 rings (SSSR count). The highest BCUT2D eigenvalue weighted by molar-refractivity contribution is 6.32. The number of hydrogen-bond donors (Lipinski definition) is 2. The zero-order valence-electron chi connectivity index (χ0n) is 8.25. The molecule has 3 N–H and O–H groups in total. The van der Waals surface area contributed by atoms with Gasteiger partial charge in [0.05, 0.1) is 18.2 Å². The van der Waals surface area contributed by atoms with Crippen LogP contribution in [-0.2, 0) is 0 Å². The van der Waals surface area contributed by atoms with Crippen LogP contribution in [0.3, 0.4) is 0 Å². The molecule has 0 saturated carbocycles. The Morgan fingerprint density at radius 3 is 2.71 bits per heavy atom. The average Bonchev–Trinajstić information content (AvgIpc) is 2.19. The molecule has 1 aromatic rings. The lowest BCUT2D eigenvalue weighted by Gasteiger charge is -2.16. The van der Waals surface area contributed by atoms with Gasteiger partial charge < -0.3 is 15.6 Å². The fourth-order valence-corrected chi connectivity index (χ4v) is 1.65. The molecule has 0 radical (unpaired) electrons. The van der Waals surface area contributed by atoms with E-state index >= 15 is 0 Å². The Hall–Kier alpha value is -0.770. The van der Waals surface area contributed by atoms with Crippen molar-refractivity contribution >= 4 is 11.6 Å². The van der Waals surface area contributed by atoms with Gasteiger partial charge in [-0.2, -0.15) is 0 Å². The highest BCUT2D eigenvalue weighted by atomic mass is 35.5. The standard InChI is InChI=1S/C10H14ClNO2/c1-6-3-4-7(11)10(14-2)9(6)8(13)5-12/h3-4,8,13H,5,12H2,1-2H3. The molecule has 0 heterocycles. The van der Waals surface area contributed by atoms with Crippen molar-refractivity contribution in [2.75, 3.05) is 13.7 Å². The predicted octanol–water partition coefficient (Wildman–Crippen LogP) is 1.65. The maximum absolute atomic E-state index is 9.68. The van der Waals surface area contributed by atoms with E-state index in [1.807, 2.05) is 13.0 Å². The van der Waals surface area contributed by atoms with Gasteiger partial charge in [-0.15, -0.1) is 0 Å². The van der Waals surface area contributed by atoms with Crippen LogP contribution in [0.4, 0.5) is 0 Å². The van der Waals surface area contributed by atoms with E-state index in [0.29, 0.717) is 16.3 Å². The number of hydrogen-bond acceptors (Lipinski definition) is 3. The van der Waals surface area contributed by atoms with E-state index in [2.05, 4.69) is 0 Å². The number of methoxy groups -OCH3 is 1. The molecule has 0 aliphatic rings. The van der Waals surface area contributed by atoms with E-state index in [9.17, 15) is 5.11 Å². The van der Waals surface area contributed by atoms with Crippen molar-refractivity contribution in [3.63, 3.8) is 0 Å². The first-order valence-corrected chi connectivity index (χ1v) is 4.70. The summed E-state index contributed by atoms with van der Waals surface area (Å²) in [6.45, 7) is 2.03. The van der Waals surface area contributed by atoms with Crippen LogP contribution in [-0.4, -0.2) is 18.8 Å². The quantitative estimate of drug-likeness (QED) is 0.806. The number of aliphatic hydroxyl groups is 1. The molecule has 0 aliphatic carbocycles. The van der Waals surface area contributed by atoms with Crippen LogP contribution in [0, 0.1) is 6.92 Å². The van der Waals surface area contributed by atoms with Gasteiger partial charge in [0, 0.05) is 12.1 Å². The molecule has 0 saturated heterocycles. The molecule has 0 aliphatic heterocycles. The SMILES string of the molecule is COc1c(Cl)ccc(C)c1C(O)CN. The first-order chi connectivity index (χ1) is 6.61. The molecule has 1 aromatic carbocycles. The van der Waals surface area contributed by atoms with E-state index in [0.717, 1.165) is 5.56 Å². The maximum atomic E-state index is 9.68. The summed E-state index contributed by atoms with van der Waals surface area (Å²) < 4.78 is 5.13. The second kappa shape index (κ2) is 4.64. The van der Waals surface area contributed by atoms with E-state index in [1.54, 1.807) is 6.07 Å². The molecule has 0 aromatic heterocycles. The van der Waals surface area contributed by atoms with E-state index in [-0.39, 0.29) is 6.54 Å². The largest absolute Gasteiger partial charge is 0.495 e. The van der Waals surface area contributed by atoms with E-state index in [4.69, 9.17) is 22.1 Å². The van der Waals surface area contributed by atoms with Gasteiger partial charge in [-0.05, 0) is 18.6 Å². The normalized spacial score (nSPS) is 12.6. The van der Waals surface area contributed by atoms with Crippen molar-refractivity contribution in [3.05, 3.63) is 28.3 Å². The molecule has 0 spiro atoms. The zero-order chi connectivity index (χ0) is 10.7. The van der Waals surface area contributed by atoms with Gasteiger partial charge in [-0.3, -0.25) is 0 Å². The summed E-state index contributed by atoms with van der Waals surface area (Å²) in [6, 6.07) is 3.57. The Bertz CT molecular complexity index is 328. The van der Waals surface area contributed by atoms with Gasteiger partial charge in [0.1, 0.15) is 5.75 Å². The number of nitrogens with two attached hydrogens (primary N) is 1. The molecule has 0 fully saturated rings. The van der Waals surface area contributed by atoms with Crippen LogP contribution in [0.25, 0.3) is 0 Å². The van der Waals surface area contributed by atoms with Crippen LogP contribution in [0.1, 0.15) is 17.2 Å². The minimum Gasteiger partial charge on any atom is -0.495 e. The summed E-state index contributed by atoms with van der Waals surface area (Å²) in [4.78, 5) is 0. The van der Waals surface area contributed by atoms with Gasteiger partial charge in [-0.25, -0.2) is 0 Å². The number of aliphatic hydroxyl groups excluding tert-OH is 1. The summed E-state index contributed by atoms with van der Waals surface area (Å²) in [5.74, 6) is 0.504.